The summed E-state index contributed by atoms with van der Waals surface area (Å²) in [5.74, 6) is -4.71. The molecule has 0 radical (unpaired) electrons. The lowest BCUT2D eigenvalue weighted by molar-refractivity contribution is -0.150. The second kappa shape index (κ2) is 10.6. The molecule has 12 heteroatoms. The summed E-state index contributed by atoms with van der Waals surface area (Å²) in [6, 6.07) is -4.70. The van der Waals surface area contributed by atoms with E-state index in [9.17, 15) is 34.2 Å². The van der Waals surface area contributed by atoms with Gasteiger partial charge in [-0.1, -0.05) is 0 Å². The predicted octanol–water partition coefficient (Wildman–Crippen LogP) is -2.76. The fourth-order valence-corrected chi connectivity index (χ4v) is 2.78. The summed E-state index contributed by atoms with van der Waals surface area (Å²) in [5.41, 5.74) is 5.43. The number of likely N-dealkylation sites (tertiary alicyclic amines) is 1. The SMILES string of the molecule is CC(N)C(=O)NC(CCC(=O)O)C(=O)NC(CO)C(=O)N1CCCC1C(=O)O. The minimum atomic E-state index is -1.42. The molecule has 1 aliphatic heterocycles. The van der Waals surface area contributed by atoms with Crippen LogP contribution < -0.4 is 16.4 Å². The first-order chi connectivity index (χ1) is 13.1. The molecule has 0 aromatic heterocycles. The second-order valence-electron chi connectivity index (χ2n) is 6.55. The van der Waals surface area contributed by atoms with Gasteiger partial charge in [0.15, 0.2) is 0 Å². The summed E-state index contributed by atoms with van der Waals surface area (Å²) in [6.45, 7) is 0.757. The molecule has 1 heterocycles. The Hall–Kier alpha value is -2.73. The molecule has 12 nitrogen and oxygen atoms in total. The third-order valence-electron chi connectivity index (χ3n) is 4.31. The summed E-state index contributed by atoms with van der Waals surface area (Å²) >= 11 is 0. The summed E-state index contributed by atoms with van der Waals surface area (Å²) in [4.78, 5) is 59.8. The summed E-state index contributed by atoms with van der Waals surface area (Å²) in [6.07, 6.45) is 0.0506. The summed E-state index contributed by atoms with van der Waals surface area (Å²) < 4.78 is 0. The largest absolute Gasteiger partial charge is 0.481 e. The van der Waals surface area contributed by atoms with Gasteiger partial charge in [-0.05, 0) is 26.2 Å². The van der Waals surface area contributed by atoms with Crippen LogP contribution in [0.4, 0.5) is 0 Å². The first kappa shape index (κ1) is 23.3. The van der Waals surface area contributed by atoms with Crippen molar-refractivity contribution in [3.05, 3.63) is 0 Å². The quantitative estimate of drug-likeness (QED) is 0.224. The van der Waals surface area contributed by atoms with Crippen LogP contribution in [0.2, 0.25) is 0 Å². The minimum absolute atomic E-state index is 0.173. The Morgan fingerprint density at radius 3 is 2.21 bits per heavy atom. The number of carboxylic acids is 2. The molecule has 1 fully saturated rings. The van der Waals surface area contributed by atoms with Crippen molar-refractivity contribution in [3.63, 3.8) is 0 Å². The van der Waals surface area contributed by atoms with E-state index in [-0.39, 0.29) is 19.4 Å². The van der Waals surface area contributed by atoms with E-state index in [0.29, 0.717) is 6.42 Å². The first-order valence-electron chi connectivity index (χ1n) is 8.80. The highest BCUT2D eigenvalue weighted by Gasteiger charge is 2.38. The second-order valence-corrected chi connectivity index (χ2v) is 6.55. The highest BCUT2D eigenvalue weighted by atomic mass is 16.4. The number of aliphatic hydroxyl groups is 1. The highest BCUT2D eigenvalue weighted by Crippen LogP contribution is 2.18. The molecule has 4 unspecified atom stereocenters. The van der Waals surface area contributed by atoms with Gasteiger partial charge in [-0.3, -0.25) is 19.2 Å². The van der Waals surface area contributed by atoms with Crippen molar-refractivity contribution < 1.29 is 39.3 Å². The lowest BCUT2D eigenvalue weighted by Crippen LogP contribution is -2.58. The van der Waals surface area contributed by atoms with E-state index in [4.69, 9.17) is 10.8 Å². The number of nitrogens with zero attached hydrogens (tertiary/aromatic N) is 1. The Kier molecular flexibility index (Phi) is 8.79. The van der Waals surface area contributed by atoms with Crippen LogP contribution in [0.5, 0.6) is 0 Å². The van der Waals surface area contributed by atoms with Crippen molar-refractivity contribution in [3.8, 4) is 0 Å². The molecule has 3 amide bonds. The fraction of sp³-hybridized carbons (Fsp3) is 0.688. The Morgan fingerprint density at radius 2 is 1.71 bits per heavy atom. The minimum Gasteiger partial charge on any atom is -0.481 e. The van der Waals surface area contributed by atoms with Crippen LogP contribution in [-0.2, 0) is 24.0 Å². The molecule has 0 saturated carbocycles. The third-order valence-corrected chi connectivity index (χ3v) is 4.31. The number of rotatable bonds is 10. The van der Waals surface area contributed by atoms with Crippen LogP contribution in [0.25, 0.3) is 0 Å². The number of amides is 3. The van der Waals surface area contributed by atoms with Crippen molar-refractivity contribution in [2.75, 3.05) is 13.2 Å². The van der Waals surface area contributed by atoms with Crippen molar-refractivity contribution in [1.82, 2.24) is 15.5 Å². The molecule has 0 aliphatic carbocycles. The van der Waals surface area contributed by atoms with Crippen LogP contribution in [0.3, 0.4) is 0 Å². The smallest absolute Gasteiger partial charge is 0.326 e. The standard InChI is InChI=1S/C16H26N4O8/c1-8(17)13(24)18-9(4-5-12(22)23)14(25)19-10(7-21)15(26)20-6-2-3-11(20)16(27)28/h8-11,21H,2-7,17H2,1H3,(H,18,24)(H,19,25)(H,22,23)(H,27,28). The molecule has 0 aromatic carbocycles. The average Bonchev–Trinajstić information content (AvgIpc) is 3.11. The Balaban J connectivity index is 2.86. The van der Waals surface area contributed by atoms with Gasteiger partial charge >= 0.3 is 11.9 Å². The van der Waals surface area contributed by atoms with Crippen molar-refractivity contribution in [1.29, 1.82) is 0 Å². The summed E-state index contributed by atoms with van der Waals surface area (Å²) in [7, 11) is 0. The molecule has 158 valence electrons. The highest BCUT2D eigenvalue weighted by molar-refractivity contribution is 5.94. The zero-order valence-corrected chi connectivity index (χ0v) is 15.5. The number of carbonyl (C=O) groups excluding carboxylic acids is 3. The van der Waals surface area contributed by atoms with E-state index in [1.165, 1.54) is 6.92 Å². The Labute approximate surface area is 161 Å². The molecule has 28 heavy (non-hydrogen) atoms. The van der Waals surface area contributed by atoms with Gasteiger partial charge < -0.3 is 36.6 Å². The molecule has 4 atom stereocenters. The zero-order valence-electron chi connectivity index (χ0n) is 15.5. The number of nitrogens with one attached hydrogen (secondary N) is 2. The van der Waals surface area contributed by atoms with E-state index < -0.39 is 66.9 Å². The van der Waals surface area contributed by atoms with E-state index in [0.717, 1.165) is 4.90 Å². The topological polar surface area (TPSA) is 199 Å². The first-order valence-corrected chi connectivity index (χ1v) is 8.80. The molecule has 1 rings (SSSR count). The number of carboxylic acid groups (broad SMARTS) is 2. The number of hydrogen-bond acceptors (Lipinski definition) is 7. The molecular formula is C16H26N4O8. The predicted molar refractivity (Wildman–Crippen MR) is 93.8 cm³/mol. The molecule has 1 aliphatic rings. The summed E-state index contributed by atoms with van der Waals surface area (Å²) in [5, 5.41) is 32.0. The molecule has 0 bridgehead atoms. The van der Waals surface area contributed by atoms with Crippen LogP contribution in [-0.4, -0.2) is 87.2 Å². The maximum absolute atomic E-state index is 12.5. The van der Waals surface area contributed by atoms with Gasteiger partial charge in [-0.25, -0.2) is 4.79 Å². The van der Waals surface area contributed by atoms with Crippen LogP contribution in [0.15, 0.2) is 0 Å². The van der Waals surface area contributed by atoms with Gasteiger partial charge in [-0.2, -0.15) is 0 Å². The molecule has 0 aromatic rings. The van der Waals surface area contributed by atoms with Crippen LogP contribution in [0, 0.1) is 0 Å². The van der Waals surface area contributed by atoms with Crippen LogP contribution >= 0.6 is 0 Å². The van der Waals surface area contributed by atoms with Crippen molar-refractivity contribution in [2.24, 2.45) is 5.73 Å². The number of aliphatic carboxylic acids is 2. The van der Waals surface area contributed by atoms with Crippen molar-refractivity contribution in [2.45, 2.75) is 56.8 Å². The molecule has 1 saturated heterocycles. The van der Waals surface area contributed by atoms with Crippen LogP contribution in [0.1, 0.15) is 32.6 Å². The van der Waals surface area contributed by atoms with E-state index in [2.05, 4.69) is 10.6 Å². The molecular weight excluding hydrogens is 376 g/mol. The maximum atomic E-state index is 12.5. The van der Waals surface area contributed by atoms with Gasteiger partial charge in [0.2, 0.25) is 17.7 Å². The number of hydrogen-bond donors (Lipinski definition) is 6. The van der Waals surface area contributed by atoms with Gasteiger partial charge in [0.05, 0.1) is 12.6 Å². The Morgan fingerprint density at radius 1 is 1.11 bits per heavy atom. The lowest BCUT2D eigenvalue weighted by atomic mass is 10.1. The van der Waals surface area contributed by atoms with E-state index in [1.807, 2.05) is 0 Å². The fourth-order valence-electron chi connectivity index (χ4n) is 2.78. The number of aliphatic hydroxyl groups excluding tert-OH is 1. The maximum Gasteiger partial charge on any atom is 0.326 e. The van der Waals surface area contributed by atoms with Gasteiger partial charge in [0.25, 0.3) is 0 Å². The normalized spacial score (nSPS) is 19.4. The van der Waals surface area contributed by atoms with E-state index in [1.54, 1.807) is 0 Å². The lowest BCUT2D eigenvalue weighted by Gasteiger charge is -2.27. The van der Waals surface area contributed by atoms with Crippen molar-refractivity contribution >= 4 is 29.7 Å². The number of carbonyl (C=O) groups is 5. The van der Waals surface area contributed by atoms with Gasteiger partial charge in [0.1, 0.15) is 18.1 Å². The average molecular weight is 402 g/mol. The monoisotopic (exact) mass is 402 g/mol. The molecule has 0 spiro atoms. The zero-order chi connectivity index (χ0) is 21.4. The van der Waals surface area contributed by atoms with Gasteiger partial charge in [0, 0.05) is 13.0 Å². The van der Waals surface area contributed by atoms with E-state index >= 15 is 0 Å². The Bertz CT molecular complexity index is 624. The number of nitrogens with two attached hydrogens (primary N) is 1. The molecule has 7 N–H and O–H groups in total. The van der Waals surface area contributed by atoms with Gasteiger partial charge in [-0.15, -0.1) is 0 Å². The third kappa shape index (κ3) is 6.46.